The van der Waals surface area contributed by atoms with Crippen LogP contribution >= 0.6 is 22.9 Å². The van der Waals surface area contributed by atoms with Crippen molar-refractivity contribution >= 4 is 28.8 Å². The Balaban J connectivity index is 2.19. The molecule has 0 N–H and O–H groups in total. The fourth-order valence-electron chi connectivity index (χ4n) is 1.75. The van der Waals surface area contributed by atoms with Crippen LogP contribution in [0.4, 0.5) is 0 Å². The minimum atomic E-state index is -0.124. The third-order valence-corrected chi connectivity index (χ3v) is 4.42. The molecule has 1 amide bonds. The van der Waals surface area contributed by atoms with Crippen LogP contribution in [0.2, 0.25) is 5.02 Å². The Labute approximate surface area is 121 Å². The van der Waals surface area contributed by atoms with Crippen molar-refractivity contribution in [3.05, 3.63) is 50.9 Å². The van der Waals surface area contributed by atoms with E-state index >= 15 is 0 Å². The largest absolute Gasteiger partial charge is 0.333 e. The van der Waals surface area contributed by atoms with E-state index in [1.54, 1.807) is 41.6 Å². The molecule has 0 aromatic carbocycles. The van der Waals surface area contributed by atoms with Crippen LogP contribution in [-0.4, -0.2) is 22.8 Å². The van der Waals surface area contributed by atoms with Crippen molar-refractivity contribution in [2.45, 2.75) is 19.9 Å². The number of aryl methyl sites for hydroxylation is 1. The molecule has 0 spiro atoms. The molecule has 100 valence electrons. The van der Waals surface area contributed by atoms with Gasteiger partial charge in [-0.1, -0.05) is 11.6 Å². The normalized spacial score (nSPS) is 12.2. The van der Waals surface area contributed by atoms with Gasteiger partial charge in [-0.15, -0.1) is 11.3 Å². The van der Waals surface area contributed by atoms with E-state index in [9.17, 15) is 4.79 Å². The van der Waals surface area contributed by atoms with E-state index in [0.29, 0.717) is 10.7 Å². The van der Waals surface area contributed by atoms with E-state index in [1.807, 2.05) is 6.92 Å². The van der Waals surface area contributed by atoms with Gasteiger partial charge in [0.05, 0.1) is 6.04 Å². The monoisotopic (exact) mass is 294 g/mol. The second-order valence-corrected chi connectivity index (χ2v) is 6.16. The van der Waals surface area contributed by atoms with Gasteiger partial charge in [-0.25, -0.2) is 0 Å². The highest BCUT2D eigenvalue weighted by Crippen LogP contribution is 2.27. The number of aromatic nitrogens is 1. The lowest BCUT2D eigenvalue weighted by molar-refractivity contribution is 0.0739. The summed E-state index contributed by atoms with van der Waals surface area (Å²) >= 11 is 7.58. The highest BCUT2D eigenvalue weighted by atomic mass is 35.5. The minimum Gasteiger partial charge on any atom is -0.333 e. The Morgan fingerprint density at radius 3 is 2.74 bits per heavy atom. The van der Waals surface area contributed by atoms with E-state index in [1.165, 1.54) is 4.88 Å². The smallest absolute Gasteiger partial charge is 0.272 e. The predicted molar refractivity (Wildman–Crippen MR) is 78.8 cm³/mol. The molecule has 19 heavy (non-hydrogen) atoms. The summed E-state index contributed by atoms with van der Waals surface area (Å²) in [5.74, 6) is -0.124. The molecule has 3 nitrogen and oxygen atoms in total. The van der Waals surface area contributed by atoms with Crippen molar-refractivity contribution in [2.24, 2.45) is 0 Å². The summed E-state index contributed by atoms with van der Waals surface area (Å²) in [6.07, 6.45) is 1.55. The summed E-state index contributed by atoms with van der Waals surface area (Å²) < 4.78 is 0. The van der Waals surface area contributed by atoms with Gasteiger partial charge < -0.3 is 4.90 Å². The molecule has 2 aromatic heterocycles. The van der Waals surface area contributed by atoms with Gasteiger partial charge in [0.1, 0.15) is 5.69 Å². The van der Waals surface area contributed by atoms with Crippen LogP contribution in [0.1, 0.15) is 33.2 Å². The van der Waals surface area contributed by atoms with Gasteiger partial charge in [-0.3, -0.25) is 9.78 Å². The summed E-state index contributed by atoms with van der Waals surface area (Å²) in [6, 6.07) is 7.38. The van der Waals surface area contributed by atoms with Gasteiger partial charge in [0.2, 0.25) is 0 Å². The number of nitrogens with zero attached hydrogens (tertiary/aromatic N) is 2. The van der Waals surface area contributed by atoms with E-state index in [4.69, 9.17) is 11.6 Å². The molecule has 2 heterocycles. The fourth-order valence-corrected chi connectivity index (χ4v) is 2.88. The zero-order valence-electron chi connectivity index (χ0n) is 11.1. The fraction of sp³-hybridized carbons (Fsp3) is 0.286. The molecule has 2 aromatic rings. The number of pyridine rings is 1. The van der Waals surface area contributed by atoms with Crippen LogP contribution in [0, 0.1) is 6.92 Å². The quantitative estimate of drug-likeness (QED) is 0.859. The molecule has 0 aliphatic heterocycles. The first kappa shape index (κ1) is 14.0. The third kappa shape index (κ3) is 3.14. The molecule has 1 unspecified atom stereocenters. The van der Waals surface area contributed by atoms with Gasteiger partial charge in [0.15, 0.2) is 0 Å². The lowest BCUT2D eigenvalue weighted by Crippen LogP contribution is -2.29. The number of amides is 1. The summed E-state index contributed by atoms with van der Waals surface area (Å²) in [5.41, 5.74) is 0.370. The second-order valence-electron chi connectivity index (χ2n) is 4.40. The molecular weight excluding hydrogens is 280 g/mol. The maximum Gasteiger partial charge on any atom is 0.272 e. The molecule has 0 saturated carbocycles. The Bertz CT molecular complexity index is 597. The lowest BCUT2D eigenvalue weighted by Gasteiger charge is -2.23. The van der Waals surface area contributed by atoms with Gasteiger partial charge in [-0.05, 0) is 38.1 Å². The van der Waals surface area contributed by atoms with Gasteiger partial charge >= 0.3 is 0 Å². The topological polar surface area (TPSA) is 33.2 Å². The molecule has 0 fully saturated rings. The lowest BCUT2D eigenvalue weighted by atomic mass is 10.2. The molecule has 0 saturated heterocycles. The van der Waals surface area contributed by atoms with Crippen LogP contribution in [0.5, 0.6) is 0 Å². The van der Waals surface area contributed by atoms with Crippen LogP contribution in [-0.2, 0) is 0 Å². The van der Waals surface area contributed by atoms with Gasteiger partial charge in [0, 0.05) is 28.0 Å². The highest BCUT2D eigenvalue weighted by Gasteiger charge is 2.21. The van der Waals surface area contributed by atoms with Gasteiger partial charge in [-0.2, -0.15) is 0 Å². The van der Waals surface area contributed by atoms with Crippen molar-refractivity contribution in [1.29, 1.82) is 0 Å². The van der Waals surface area contributed by atoms with E-state index in [0.717, 1.165) is 4.88 Å². The number of carbonyl (C=O) groups excluding carboxylic acids is 1. The standard InChI is InChI=1S/C14H15ClN2OS/c1-9-4-5-13(19-9)10(2)17(3)14(18)12-8-11(15)6-7-16-12/h4-8,10H,1-3H3. The number of hydrogen-bond donors (Lipinski definition) is 0. The Morgan fingerprint density at radius 1 is 1.42 bits per heavy atom. The van der Waals surface area contributed by atoms with Crippen molar-refractivity contribution in [1.82, 2.24) is 9.88 Å². The molecule has 2 rings (SSSR count). The summed E-state index contributed by atoms with van der Waals surface area (Å²) in [7, 11) is 1.78. The van der Waals surface area contributed by atoms with Crippen LogP contribution < -0.4 is 0 Å². The van der Waals surface area contributed by atoms with Crippen molar-refractivity contribution < 1.29 is 4.79 Å². The molecule has 0 bridgehead atoms. The van der Waals surface area contributed by atoms with E-state index in [2.05, 4.69) is 24.0 Å². The van der Waals surface area contributed by atoms with Gasteiger partial charge in [0.25, 0.3) is 5.91 Å². The van der Waals surface area contributed by atoms with Crippen LogP contribution in [0.15, 0.2) is 30.5 Å². The molecule has 0 radical (unpaired) electrons. The summed E-state index contributed by atoms with van der Waals surface area (Å²) in [6.45, 7) is 4.06. The number of thiophene rings is 1. The first-order valence-electron chi connectivity index (χ1n) is 5.94. The van der Waals surface area contributed by atoms with Crippen molar-refractivity contribution in [3.63, 3.8) is 0 Å². The molecule has 0 aliphatic carbocycles. The van der Waals surface area contributed by atoms with Crippen molar-refractivity contribution in [2.75, 3.05) is 7.05 Å². The zero-order chi connectivity index (χ0) is 14.0. The van der Waals surface area contributed by atoms with Crippen molar-refractivity contribution in [3.8, 4) is 0 Å². The molecular formula is C14H15ClN2OS. The third-order valence-electron chi connectivity index (χ3n) is 3.02. The van der Waals surface area contributed by atoms with E-state index < -0.39 is 0 Å². The average Bonchev–Trinajstić information content (AvgIpc) is 2.83. The maximum absolute atomic E-state index is 12.3. The second kappa shape index (κ2) is 5.72. The minimum absolute atomic E-state index is 0.0204. The molecule has 1 atom stereocenters. The highest BCUT2D eigenvalue weighted by molar-refractivity contribution is 7.12. The average molecular weight is 295 g/mol. The van der Waals surface area contributed by atoms with Crippen LogP contribution in [0.25, 0.3) is 0 Å². The summed E-state index contributed by atoms with van der Waals surface area (Å²) in [4.78, 5) is 20.5. The maximum atomic E-state index is 12.3. The summed E-state index contributed by atoms with van der Waals surface area (Å²) in [5, 5.41) is 0.520. The molecule has 0 aliphatic rings. The number of carbonyl (C=O) groups is 1. The predicted octanol–water partition coefficient (Wildman–Crippen LogP) is 3.94. The first-order chi connectivity index (χ1) is 8.99. The number of hydrogen-bond acceptors (Lipinski definition) is 3. The van der Waals surface area contributed by atoms with E-state index in [-0.39, 0.29) is 11.9 Å². The number of halogens is 1. The molecule has 5 heteroatoms. The Morgan fingerprint density at radius 2 is 2.16 bits per heavy atom. The first-order valence-corrected chi connectivity index (χ1v) is 7.13. The zero-order valence-corrected chi connectivity index (χ0v) is 12.6. The SMILES string of the molecule is Cc1ccc(C(C)N(C)C(=O)c2cc(Cl)ccn2)s1. The number of rotatable bonds is 3. The van der Waals surface area contributed by atoms with Crippen LogP contribution in [0.3, 0.4) is 0 Å². The Hall–Kier alpha value is -1.39. The Kier molecular flexibility index (Phi) is 4.22.